The van der Waals surface area contributed by atoms with Crippen molar-refractivity contribution in [1.82, 2.24) is 19.8 Å². The fourth-order valence-corrected chi connectivity index (χ4v) is 4.43. The van der Waals surface area contributed by atoms with Crippen molar-refractivity contribution in [2.75, 3.05) is 20.1 Å². The number of nitrogens with one attached hydrogen (secondary N) is 1. The van der Waals surface area contributed by atoms with Crippen LogP contribution in [0.1, 0.15) is 24.3 Å². The van der Waals surface area contributed by atoms with E-state index < -0.39 is 0 Å². The van der Waals surface area contributed by atoms with Crippen LogP contribution in [0.2, 0.25) is 0 Å². The predicted octanol–water partition coefficient (Wildman–Crippen LogP) is 3.37. The number of guanidine groups is 1. The van der Waals surface area contributed by atoms with Crippen LogP contribution < -0.4 is 5.32 Å². The summed E-state index contributed by atoms with van der Waals surface area (Å²) in [6.07, 6.45) is 7.00. The lowest BCUT2D eigenvalue weighted by molar-refractivity contribution is 0.189. The van der Waals surface area contributed by atoms with Gasteiger partial charge in [-0.3, -0.25) is 4.99 Å². The van der Waals surface area contributed by atoms with Gasteiger partial charge in [0.05, 0.1) is 18.9 Å². The molecule has 0 bridgehead atoms. The minimum absolute atomic E-state index is 0.445. The van der Waals surface area contributed by atoms with Gasteiger partial charge in [0, 0.05) is 47.3 Å². The van der Waals surface area contributed by atoms with Crippen LogP contribution >= 0.6 is 27.3 Å². The van der Waals surface area contributed by atoms with Crippen molar-refractivity contribution in [3.8, 4) is 0 Å². The minimum Gasteiger partial charge on any atom is -0.351 e. The molecule has 0 amide bonds. The molecule has 2 aromatic rings. The highest BCUT2D eigenvalue weighted by Gasteiger charge is 2.28. The molecule has 0 aliphatic carbocycles. The summed E-state index contributed by atoms with van der Waals surface area (Å²) in [6.45, 7) is 5.14. The topological polar surface area (TPSA) is 45.5 Å². The summed E-state index contributed by atoms with van der Waals surface area (Å²) in [4.78, 5) is 12.3. The van der Waals surface area contributed by atoms with Gasteiger partial charge in [0.1, 0.15) is 0 Å². The Kier molecular flexibility index (Phi) is 5.38. The van der Waals surface area contributed by atoms with Crippen LogP contribution in [0.15, 0.2) is 39.6 Å². The van der Waals surface area contributed by atoms with Gasteiger partial charge in [0.25, 0.3) is 0 Å². The van der Waals surface area contributed by atoms with Gasteiger partial charge in [-0.2, -0.15) is 0 Å². The van der Waals surface area contributed by atoms with Gasteiger partial charge in [-0.05, 0) is 34.3 Å². The Bertz CT molecular complexity index is 651. The van der Waals surface area contributed by atoms with Crippen molar-refractivity contribution >= 4 is 33.2 Å². The molecule has 124 valence electrons. The second-order valence-electron chi connectivity index (χ2n) is 5.92. The fraction of sp³-hybridized carbons (Fsp3) is 0.500. The molecule has 2 unspecified atom stereocenters. The molecule has 0 spiro atoms. The van der Waals surface area contributed by atoms with E-state index in [0.717, 1.165) is 36.5 Å². The lowest BCUT2D eigenvalue weighted by atomic mass is 9.93. The number of rotatable bonds is 3. The first-order valence-corrected chi connectivity index (χ1v) is 9.50. The SMILES string of the molecule is CN=C(NCc1cc(Br)cs1)N1CCC(C)C(n2ccnc2)C1. The quantitative estimate of drug-likeness (QED) is 0.639. The number of aromatic nitrogens is 2. The summed E-state index contributed by atoms with van der Waals surface area (Å²) in [6, 6.07) is 2.60. The third-order valence-electron chi connectivity index (χ3n) is 4.38. The van der Waals surface area contributed by atoms with Crippen molar-refractivity contribution in [2.45, 2.75) is 25.9 Å². The molecule has 3 rings (SSSR count). The molecule has 5 nitrogen and oxygen atoms in total. The van der Waals surface area contributed by atoms with Crippen molar-refractivity contribution in [3.05, 3.63) is 39.5 Å². The standard InChI is InChI=1S/C16H22BrN5S/c1-12-3-5-21(9-15(12)22-6-4-19-11-22)16(18-2)20-8-14-7-13(17)10-23-14/h4,6-7,10-12,15H,3,5,8-9H2,1-2H3,(H,18,20). The lowest BCUT2D eigenvalue weighted by Crippen LogP contribution is -2.48. The Morgan fingerprint density at radius 3 is 3.09 bits per heavy atom. The van der Waals surface area contributed by atoms with Crippen LogP contribution in [-0.4, -0.2) is 40.5 Å². The van der Waals surface area contributed by atoms with Gasteiger partial charge in [-0.1, -0.05) is 6.92 Å². The van der Waals surface area contributed by atoms with Gasteiger partial charge < -0.3 is 14.8 Å². The molecule has 23 heavy (non-hydrogen) atoms. The summed E-state index contributed by atoms with van der Waals surface area (Å²) in [5.74, 6) is 1.62. The van der Waals surface area contributed by atoms with Crippen LogP contribution in [0.25, 0.3) is 0 Å². The van der Waals surface area contributed by atoms with Crippen LogP contribution in [-0.2, 0) is 6.54 Å². The number of halogens is 1. The molecule has 1 N–H and O–H groups in total. The minimum atomic E-state index is 0.445. The van der Waals surface area contributed by atoms with E-state index in [2.05, 4.69) is 65.3 Å². The number of hydrogen-bond donors (Lipinski definition) is 1. The van der Waals surface area contributed by atoms with E-state index in [4.69, 9.17) is 0 Å². The van der Waals surface area contributed by atoms with E-state index in [9.17, 15) is 0 Å². The van der Waals surface area contributed by atoms with Crippen molar-refractivity contribution in [2.24, 2.45) is 10.9 Å². The highest BCUT2D eigenvalue weighted by molar-refractivity contribution is 9.10. The molecule has 2 atom stereocenters. The number of thiophene rings is 1. The van der Waals surface area contributed by atoms with Crippen LogP contribution in [0.4, 0.5) is 0 Å². The molecule has 0 saturated carbocycles. The first-order valence-electron chi connectivity index (χ1n) is 7.83. The van der Waals surface area contributed by atoms with E-state index >= 15 is 0 Å². The normalized spacial score (nSPS) is 22.4. The number of hydrogen-bond acceptors (Lipinski definition) is 3. The maximum atomic E-state index is 4.47. The summed E-state index contributed by atoms with van der Waals surface area (Å²) in [7, 11) is 1.86. The third-order valence-corrected chi connectivity index (χ3v) is 6.08. The first-order chi connectivity index (χ1) is 11.2. The van der Waals surface area contributed by atoms with E-state index in [1.807, 2.05) is 19.6 Å². The molecule has 1 fully saturated rings. The van der Waals surface area contributed by atoms with Gasteiger partial charge in [0.2, 0.25) is 0 Å². The Hall–Kier alpha value is -1.34. The Morgan fingerprint density at radius 2 is 2.43 bits per heavy atom. The maximum Gasteiger partial charge on any atom is 0.194 e. The van der Waals surface area contributed by atoms with E-state index in [1.165, 1.54) is 4.88 Å². The molecule has 1 aliphatic heterocycles. The summed E-state index contributed by atoms with van der Waals surface area (Å²) in [5.41, 5.74) is 0. The van der Waals surface area contributed by atoms with Gasteiger partial charge in [-0.25, -0.2) is 4.98 Å². The van der Waals surface area contributed by atoms with E-state index in [-0.39, 0.29) is 0 Å². The van der Waals surface area contributed by atoms with Crippen LogP contribution in [0, 0.1) is 5.92 Å². The molecule has 7 heteroatoms. The molecule has 3 heterocycles. The van der Waals surface area contributed by atoms with Crippen molar-refractivity contribution in [3.63, 3.8) is 0 Å². The zero-order valence-corrected chi connectivity index (χ0v) is 15.8. The van der Waals surface area contributed by atoms with Gasteiger partial charge in [-0.15, -0.1) is 11.3 Å². The van der Waals surface area contributed by atoms with Crippen LogP contribution in [0.5, 0.6) is 0 Å². The van der Waals surface area contributed by atoms with Crippen LogP contribution in [0.3, 0.4) is 0 Å². The largest absolute Gasteiger partial charge is 0.351 e. The number of piperidine rings is 1. The monoisotopic (exact) mass is 395 g/mol. The maximum absolute atomic E-state index is 4.47. The lowest BCUT2D eigenvalue weighted by Gasteiger charge is -2.39. The zero-order valence-electron chi connectivity index (χ0n) is 13.4. The first kappa shape index (κ1) is 16.5. The number of nitrogens with zero attached hydrogens (tertiary/aromatic N) is 4. The number of aliphatic imine (C=N–C) groups is 1. The van der Waals surface area contributed by atoms with Gasteiger partial charge in [0.15, 0.2) is 5.96 Å². The Morgan fingerprint density at radius 1 is 1.57 bits per heavy atom. The molecule has 1 saturated heterocycles. The van der Waals surface area contributed by atoms with E-state index in [0.29, 0.717) is 12.0 Å². The number of likely N-dealkylation sites (tertiary alicyclic amines) is 1. The second-order valence-corrected chi connectivity index (χ2v) is 7.83. The van der Waals surface area contributed by atoms with Gasteiger partial charge >= 0.3 is 0 Å². The third kappa shape index (κ3) is 3.95. The molecule has 1 aliphatic rings. The summed E-state index contributed by atoms with van der Waals surface area (Å²) in [5, 5.41) is 5.60. The second kappa shape index (κ2) is 7.49. The van der Waals surface area contributed by atoms with Crippen molar-refractivity contribution < 1.29 is 0 Å². The Labute approximate surface area is 149 Å². The smallest absolute Gasteiger partial charge is 0.194 e. The average molecular weight is 396 g/mol. The Balaban J connectivity index is 1.64. The van der Waals surface area contributed by atoms with E-state index in [1.54, 1.807) is 11.3 Å². The molecule has 0 aromatic carbocycles. The summed E-state index contributed by atoms with van der Waals surface area (Å²) >= 11 is 5.26. The average Bonchev–Trinajstić information content (AvgIpc) is 3.21. The molecular formula is C16H22BrN5S. The highest BCUT2D eigenvalue weighted by Crippen LogP contribution is 2.27. The molecule has 0 radical (unpaired) electrons. The number of imidazole rings is 1. The fourth-order valence-electron chi connectivity index (χ4n) is 3.04. The predicted molar refractivity (Wildman–Crippen MR) is 98.8 cm³/mol. The highest BCUT2D eigenvalue weighted by atomic mass is 79.9. The molecule has 2 aromatic heterocycles. The summed E-state index contributed by atoms with van der Waals surface area (Å²) < 4.78 is 3.36. The van der Waals surface area contributed by atoms with Crippen molar-refractivity contribution in [1.29, 1.82) is 0 Å². The zero-order chi connectivity index (χ0) is 16.2. The molecular weight excluding hydrogens is 374 g/mol.